The number of nitrogens with zero attached hydrogens (tertiary/aromatic N) is 1. The van der Waals surface area contributed by atoms with Crippen LogP contribution in [0.4, 0.5) is 5.69 Å². The molecule has 0 saturated heterocycles. The number of hydrogen-bond acceptors (Lipinski definition) is 4. The third-order valence-corrected chi connectivity index (χ3v) is 4.65. The number of nitrogens with one attached hydrogen (secondary N) is 2. The Morgan fingerprint density at radius 1 is 1.42 bits per heavy atom. The van der Waals surface area contributed by atoms with E-state index in [1.54, 1.807) is 38.4 Å². The summed E-state index contributed by atoms with van der Waals surface area (Å²) in [5.41, 5.74) is 7.51. The fourth-order valence-electron chi connectivity index (χ4n) is 1.78. The van der Waals surface area contributed by atoms with Crippen LogP contribution in [0.1, 0.15) is 24.1 Å². The Kier molecular flexibility index (Phi) is 3.59. The summed E-state index contributed by atoms with van der Waals surface area (Å²) in [7, 11) is -3.61. The SMILES string of the molecule is Cc1c(N)cccc1S(=O)(=O)NC(C)c1cn[nH]c1. The van der Waals surface area contributed by atoms with Crippen molar-refractivity contribution >= 4 is 15.7 Å². The van der Waals surface area contributed by atoms with Gasteiger partial charge in [-0.2, -0.15) is 5.10 Å². The number of aromatic nitrogens is 2. The monoisotopic (exact) mass is 280 g/mol. The van der Waals surface area contributed by atoms with Gasteiger partial charge < -0.3 is 5.73 Å². The maximum Gasteiger partial charge on any atom is 0.241 e. The van der Waals surface area contributed by atoms with E-state index < -0.39 is 10.0 Å². The number of benzene rings is 1. The zero-order valence-corrected chi connectivity index (χ0v) is 11.5. The number of aromatic amines is 1. The first-order chi connectivity index (χ1) is 8.92. The summed E-state index contributed by atoms with van der Waals surface area (Å²) in [6.07, 6.45) is 3.23. The lowest BCUT2D eigenvalue weighted by Crippen LogP contribution is -2.27. The van der Waals surface area contributed by atoms with Gasteiger partial charge in [0, 0.05) is 23.5 Å². The van der Waals surface area contributed by atoms with Gasteiger partial charge in [-0.1, -0.05) is 6.07 Å². The van der Waals surface area contributed by atoms with Crippen molar-refractivity contribution in [1.82, 2.24) is 14.9 Å². The van der Waals surface area contributed by atoms with E-state index in [0.717, 1.165) is 5.56 Å². The molecule has 0 amide bonds. The summed E-state index contributed by atoms with van der Waals surface area (Å²) in [5, 5.41) is 6.45. The van der Waals surface area contributed by atoms with Gasteiger partial charge in [0.1, 0.15) is 0 Å². The number of nitrogens with two attached hydrogens (primary N) is 1. The second kappa shape index (κ2) is 5.02. The first-order valence-corrected chi connectivity index (χ1v) is 7.26. The third-order valence-electron chi connectivity index (χ3n) is 2.97. The number of anilines is 1. The summed E-state index contributed by atoms with van der Waals surface area (Å²) >= 11 is 0. The second-order valence-electron chi connectivity index (χ2n) is 4.34. The van der Waals surface area contributed by atoms with Gasteiger partial charge >= 0.3 is 0 Å². The van der Waals surface area contributed by atoms with E-state index >= 15 is 0 Å². The van der Waals surface area contributed by atoms with Crippen molar-refractivity contribution in [3.05, 3.63) is 41.7 Å². The first kappa shape index (κ1) is 13.6. The molecular formula is C12H16N4O2S. The van der Waals surface area contributed by atoms with Crippen LogP contribution in [0, 0.1) is 6.92 Å². The van der Waals surface area contributed by atoms with Crippen molar-refractivity contribution in [2.45, 2.75) is 24.8 Å². The molecule has 0 aliphatic heterocycles. The lowest BCUT2D eigenvalue weighted by atomic mass is 10.2. The van der Waals surface area contributed by atoms with Crippen molar-refractivity contribution < 1.29 is 8.42 Å². The van der Waals surface area contributed by atoms with Gasteiger partial charge in [-0.15, -0.1) is 0 Å². The average Bonchev–Trinajstić information content (AvgIpc) is 2.85. The van der Waals surface area contributed by atoms with E-state index in [-0.39, 0.29) is 10.9 Å². The molecule has 0 fully saturated rings. The Morgan fingerprint density at radius 3 is 2.79 bits per heavy atom. The molecule has 0 aliphatic rings. The number of rotatable bonds is 4. The fraction of sp³-hybridized carbons (Fsp3) is 0.250. The molecule has 0 saturated carbocycles. The van der Waals surface area contributed by atoms with Gasteiger partial charge in [0.2, 0.25) is 10.0 Å². The third kappa shape index (κ3) is 2.77. The molecule has 1 aromatic heterocycles. The predicted molar refractivity (Wildman–Crippen MR) is 72.9 cm³/mol. The first-order valence-electron chi connectivity index (χ1n) is 5.78. The van der Waals surface area contributed by atoms with Crippen molar-refractivity contribution in [3.63, 3.8) is 0 Å². The Morgan fingerprint density at radius 2 is 2.16 bits per heavy atom. The molecule has 2 aromatic rings. The highest BCUT2D eigenvalue weighted by atomic mass is 32.2. The van der Waals surface area contributed by atoms with Gasteiger partial charge in [-0.3, -0.25) is 5.10 Å². The summed E-state index contributed by atoms with van der Waals surface area (Å²) in [4.78, 5) is 0.197. The smallest absolute Gasteiger partial charge is 0.241 e. The highest BCUT2D eigenvalue weighted by Crippen LogP contribution is 2.22. The number of sulfonamides is 1. The minimum absolute atomic E-state index is 0.197. The molecule has 2 rings (SSSR count). The van der Waals surface area contributed by atoms with Crippen LogP contribution in [0.3, 0.4) is 0 Å². The Labute approximate surface area is 112 Å². The Hall–Kier alpha value is -1.86. The topological polar surface area (TPSA) is 101 Å². The molecule has 1 heterocycles. The molecule has 0 aliphatic carbocycles. The Bertz CT molecular complexity index is 665. The summed E-state index contributed by atoms with van der Waals surface area (Å²) in [5.74, 6) is 0. The second-order valence-corrected chi connectivity index (χ2v) is 6.03. The van der Waals surface area contributed by atoms with Gasteiger partial charge in [-0.05, 0) is 31.5 Å². The number of H-pyrrole nitrogens is 1. The maximum absolute atomic E-state index is 12.3. The van der Waals surface area contributed by atoms with E-state index in [1.807, 2.05) is 0 Å². The summed E-state index contributed by atoms with van der Waals surface area (Å²) in [6.45, 7) is 3.44. The standard InChI is InChI=1S/C12H16N4O2S/c1-8-11(13)4-3-5-12(8)19(17,18)16-9(2)10-6-14-15-7-10/h3-7,9,16H,13H2,1-2H3,(H,14,15). The van der Waals surface area contributed by atoms with Crippen molar-refractivity contribution in [1.29, 1.82) is 0 Å². The Balaban J connectivity index is 2.31. The van der Waals surface area contributed by atoms with E-state index in [4.69, 9.17) is 5.73 Å². The number of hydrogen-bond donors (Lipinski definition) is 3. The molecule has 0 radical (unpaired) electrons. The summed E-state index contributed by atoms with van der Waals surface area (Å²) < 4.78 is 27.2. The molecule has 1 atom stereocenters. The van der Waals surface area contributed by atoms with Crippen molar-refractivity contribution in [2.75, 3.05) is 5.73 Å². The van der Waals surface area contributed by atoms with Gasteiger partial charge in [0.05, 0.1) is 11.1 Å². The van der Waals surface area contributed by atoms with Crippen LogP contribution < -0.4 is 10.5 Å². The quantitative estimate of drug-likeness (QED) is 0.736. The zero-order valence-electron chi connectivity index (χ0n) is 10.7. The fourth-order valence-corrected chi connectivity index (χ4v) is 3.29. The van der Waals surface area contributed by atoms with Crippen LogP contribution in [0.2, 0.25) is 0 Å². The van der Waals surface area contributed by atoms with E-state index in [0.29, 0.717) is 11.3 Å². The molecule has 0 bridgehead atoms. The molecular weight excluding hydrogens is 264 g/mol. The van der Waals surface area contributed by atoms with Crippen LogP contribution in [-0.4, -0.2) is 18.6 Å². The van der Waals surface area contributed by atoms with Crippen LogP contribution in [0.25, 0.3) is 0 Å². The predicted octanol–water partition coefficient (Wildman–Crippen LogP) is 1.34. The molecule has 4 N–H and O–H groups in total. The molecule has 0 spiro atoms. The maximum atomic E-state index is 12.3. The zero-order chi connectivity index (χ0) is 14.0. The van der Waals surface area contributed by atoms with Crippen LogP contribution in [-0.2, 0) is 10.0 Å². The lowest BCUT2D eigenvalue weighted by molar-refractivity contribution is 0.566. The summed E-state index contributed by atoms with van der Waals surface area (Å²) in [6, 6.07) is 4.47. The minimum atomic E-state index is -3.61. The van der Waals surface area contributed by atoms with E-state index in [2.05, 4.69) is 14.9 Å². The molecule has 1 unspecified atom stereocenters. The highest BCUT2D eigenvalue weighted by molar-refractivity contribution is 7.89. The van der Waals surface area contributed by atoms with Crippen molar-refractivity contribution in [2.24, 2.45) is 0 Å². The van der Waals surface area contributed by atoms with Crippen LogP contribution in [0.15, 0.2) is 35.5 Å². The van der Waals surface area contributed by atoms with Crippen LogP contribution in [0.5, 0.6) is 0 Å². The normalized spacial score (nSPS) is 13.4. The molecule has 102 valence electrons. The lowest BCUT2D eigenvalue weighted by Gasteiger charge is -2.14. The minimum Gasteiger partial charge on any atom is -0.398 e. The largest absolute Gasteiger partial charge is 0.398 e. The number of nitrogen functional groups attached to an aromatic ring is 1. The van der Waals surface area contributed by atoms with Gasteiger partial charge in [0.25, 0.3) is 0 Å². The molecule has 19 heavy (non-hydrogen) atoms. The molecule has 7 heteroatoms. The van der Waals surface area contributed by atoms with Gasteiger partial charge in [0.15, 0.2) is 0 Å². The van der Waals surface area contributed by atoms with Crippen molar-refractivity contribution in [3.8, 4) is 0 Å². The van der Waals surface area contributed by atoms with Gasteiger partial charge in [-0.25, -0.2) is 13.1 Å². The van der Waals surface area contributed by atoms with Crippen LogP contribution >= 0.6 is 0 Å². The average molecular weight is 280 g/mol. The molecule has 6 nitrogen and oxygen atoms in total. The van der Waals surface area contributed by atoms with E-state index in [9.17, 15) is 8.42 Å². The highest BCUT2D eigenvalue weighted by Gasteiger charge is 2.21. The van der Waals surface area contributed by atoms with E-state index in [1.165, 1.54) is 6.07 Å². The molecule has 1 aromatic carbocycles.